The average molecular weight is 318 g/mol. The number of benzene rings is 1. The molecule has 1 aromatic carbocycles. The Morgan fingerprint density at radius 1 is 1.17 bits per heavy atom. The molecule has 0 radical (unpaired) electrons. The van der Waals surface area contributed by atoms with Gasteiger partial charge in [0.2, 0.25) is 0 Å². The molecular weight excluding hydrogens is 299 g/mol. The van der Waals surface area contributed by atoms with Crippen molar-refractivity contribution in [3.05, 3.63) is 48.0 Å². The minimum Gasteiger partial charge on any atom is -0.478 e. The summed E-state index contributed by atoms with van der Waals surface area (Å²) < 4.78 is 12.9. The maximum absolute atomic E-state index is 12.9. The molecule has 0 bridgehead atoms. The first-order valence-electron chi connectivity index (χ1n) is 7.37. The van der Waals surface area contributed by atoms with E-state index in [2.05, 4.69) is 9.97 Å². The van der Waals surface area contributed by atoms with Gasteiger partial charge >= 0.3 is 5.97 Å². The zero-order valence-corrected chi connectivity index (χ0v) is 12.7. The number of rotatable bonds is 2. The Morgan fingerprint density at radius 3 is 2.30 bits per heavy atom. The highest BCUT2D eigenvalue weighted by atomic mass is 19.1. The average Bonchev–Trinajstić information content (AvgIpc) is 2.56. The molecule has 1 fully saturated rings. The SMILES string of the molecule is NN1CCCCC1.O=C(O)c1cnc(-c2cccc(F)c2)nc1. The molecule has 0 spiro atoms. The molecular formula is C16H19FN4O2. The predicted octanol–water partition coefficient (Wildman–Crippen LogP) is 2.33. The van der Waals surface area contributed by atoms with Gasteiger partial charge in [-0.25, -0.2) is 24.2 Å². The molecule has 0 aliphatic carbocycles. The fourth-order valence-electron chi connectivity index (χ4n) is 2.13. The van der Waals surface area contributed by atoms with Gasteiger partial charge in [-0.2, -0.15) is 0 Å². The molecule has 2 heterocycles. The van der Waals surface area contributed by atoms with Crippen LogP contribution in [0.15, 0.2) is 36.7 Å². The Balaban J connectivity index is 0.000000229. The van der Waals surface area contributed by atoms with Crippen molar-refractivity contribution >= 4 is 5.97 Å². The lowest BCUT2D eigenvalue weighted by molar-refractivity contribution is 0.0696. The van der Waals surface area contributed by atoms with Crippen LogP contribution in [0.5, 0.6) is 0 Å². The number of hydrazine groups is 1. The molecule has 0 unspecified atom stereocenters. The van der Waals surface area contributed by atoms with Crippen molar-refractivity contribution in [2.75, 3.05) is 13.1 Å². The molecule has 0 saturated carbocycles. The van der Waals surface area contributed by atoms with E-state index in [4.69, 9.17) is 10.9 Å². The lowest BCUT2D eigenvalue weighted by atomic mass is 10.2. The highest BCUT2D eigenvalue weighted by Gasteiger charge is 2.06. The van der Waals surface area contributed by atoms with Crippen LogP contribution in [-0.2, 0) is 0 Å². The number of carboxylic acids is 1. The Morgan fingerprint density at radius 2 is 1.83 bits per heavy atom. The van der Waals surface area contributed by atoms with Gasteiger partial charge in [-0.05, 0) is 25.0 Å². The van der Waals surface area contributed by atoms with Crippen LogP contribution >= 0.6 is 0 Å². The molecule has 6 nitrogen and oxygen atoms in total. The third-order valence-electron chi connectivity index (χ3n) is 3.37. The number of aromatic nitrogens is 2. The fraction of sp³-hybridized carbons (Fsp3) is 0.312. The second-order valence-corrected chi connectivity index (χ2v) is 5.21. The fourth-order valence-corrected chi connectivity index (χ4v) is 2.13. The van der Waals surface area contributed by atoms with E-state index in [-0.39, 0.29) is 11.4 Å². The molecule has 2 aromatic rings. The maximum Gasteiger partial charge on any atom is 0.338 e. The van der Waals surface area contributed by atoms with Crippen molar-refractivity contribution in [1.82, 2.24) is 15.0 Å². The molecule has 7 heteroatoms. The van der Waals surface area contributed by atoms with Crippen molar-refractivity contribution in [2.24, 2.45) is 5.84 Å². The van der Waals surface area contributed by atoms with Crippen LogP contribution in [0.1, 0.15) is 29.6 Å². The number of carboxylic acid groups (broad SMARTS) is 1. The minimum atomic E-state index is -1.09. The zero-order chi connectivity index (χ0) is 16.7. The van der Waals surface area contributed by atoms with E-state index in [0.29, 0.717) is 11.4 Å². The number of aromatic carboxylic acids is 1. The second kappa shape index (κ2) is 8.30. The molecule has 1 aliphatic rings. The van der Waals surface area contributed by atoms with Crippen LogP contribution in [0, 0.1) is 5.82 Å². The highest BCUT2D eigenvalue weighted by molar-refractivity contribution is 5.86. The molecule has 1 saturated heterocycles. The lowest BCUT2D eigenvalue weighted by Gasteiger charge is -2.20. The predicted molar refractivity (Wildman–Crippen MR) is 84.0 cm³/mol. The normalized spacial score (nSPS) is 14.7. The van der Waals surface area contributed by atoms with E-state index < -0.39 is 5.97 Å². The Kier molecular flexibility index (Phi) is 6.13. The molecule has 3 N–H and O–H groups in total. The van der Waals surface area contributed by atoms with Crippen molar-refractivity contribution in [2.45, 2.75) is 19.3 Å². The van der Waals surface area contributed by atoms with Crippen LogP contribution in [0.4, 0.5) is 4.39 Å². The number of carbonyl (C=O) groups is 1. The van der Waals surface area contributed by atoms with Crippen molar-refractivity contribution in [3.63, 3.8) is 0 Å². The number of piperidine rings is 1. The second-order valence-electron chi connectivity index (χ2n) is 5.21. The quantitative estimate of drug-likeness (QED) is 0.826. The van der Waals surface area contributed by atoms with Gasteiger partial charge in [-0.1, -0.05) is 18.6 Å². The molecule has 3 rings (SSSR count). The number of nitrogens with two attached hydrogens (primary N) is 1. The van der Waals surface area contributed by atoms with Crippen LogP contribution in [-0.4, -0.2) is 39.1 Å². The molecule has 23 heavy (non-hydrogen) atoms. The van der Waals surface area contributed by atoms with Gasteiger partial charge in [0.25, 0.3) is 0 Å². The summed E-state index contributed by atoms with van der Waals surface area (Å²) >= 11 is 0. The van der Waals surface area contributed by atoms with Gasteiger partial charge < -0.3 is 5.11 Å². The Labute approximate surface area is 133 Å². The largest absolute Gasteiger partial charge is 0.478 e. The highest BCUT2D eigenvalue weighted by Crippen LogP contribution is 2.15. The van der Waals surface area contributed by atoms with E-state index >= 15 is 0 Å². The summed E-state index contributed by atoms with van der Waals surface area (Å²) in [4.78, 5) is 18.3. The summed E-state index contributed by atoms with van der Waals surface area (Å²) in [6.45, 7) is 2.19. The van der Waals surface area contributed by atoms with Gasteiger partial charge in [0, 0.05) is 31.0 Å². The van der Waals surface area contributed by atoms with Crippen LogP contribution in [0.2, 0.25) is 0 Å². The smallest absolute Gasteiger partial charge is 0.338 e. The Bertz CT molecular complexity index is 643. The summed E-state index contributed by atoms with van der Waals surface area (Å²) in [5.74, 6) is 4.29. The summed E-state index contributed by atoms with van der Waals surface area (Å²) in [7, 11) is 0. The molecule has 0 atom stereocenters. The summed E-state index contributed by atoms with van der Waals surface area (Å²) in [5.41, 5.74) is 0.511. The number of halogens is 1. The maximum atomic E-state index is 12.9. The number of hydrogen-bond acceptors (Lipinski definition) is 5. The minimum absolute atomic E-state index is 0.000142. The van der Waals surface area contributed by atoms with E-state index in [1.807, 2.05) is 5.01 Å². The third-order valence-corrected chi connectivity index (χ3v) is 3.37. The van der Waals surface area contributed by atoms with E-state index in [1.165, 1.54) is 43.8 Å². The van der Waals surface area contributed by atoms with Crippen molar-refractivity contribution in [1.29, 1.82) is 0 Å². The first kappa shape index (κ1) is 17.0. The summed E-state index contributed by atoms with van der Waals surface area (Å²) in [6, 6.07) is 5.79. The number of nitrogens with zero attached hydrogens (tertiary/aromatic N) is 3. The van der Waals surface area contributed by atoms with Gasteiger partial charge in [0.05, 0.1) is 5.56 Å². The van der Waals surface area contributed by atoms with Gasteiger partial charge in [0.15, 0.2) is 5.82 Å². The van der Waals surface area contributed by atoms with Gasteiger partial charge in [-0.15, -0.1) is 0 Å². The molecule has 122 valence electrons. The zero-order valence-electron chi connectivity index (χ0n) is 12.7. The van der Waals surface area contributed by atoms with Gasteiger partial charge in [0.1, 0.15) is 5.82 Å². The number of hydrogen-bond donors (Lipinski definition) is 2. The lowest BCUT2D eigenvalue weighted by Crippen LogP contribution is -2.35. The first-order valence-corrected chi connectivity index (χ1v) is 7.37. The molecule has 1 aliphatic heterocycles. The van der Waals surface area contributed by atoms with E-state index in [9.17, 15) is 9.18 Å². The summed E-state index contributed by atoms with van der Waals surface area (Å²) in [5, 5.41) is 10.5. The van der Waals surface area contributed by atoms with Crippen molar-refractivity contribution in [3.8, 4) is 11.4 Å². The van der Waals surface area contributed by atoms with Crippen LogP contribution in [0.3, 0.4) is 0 Å². The molecule has 0 amide bonds. The topological polar surface area (TPSA) is 92.3 Å². The monoisotopic (exact) mass is 318 g/mol. The Hall–Kier alpha value is -2.38. The van der Waals surface area contributed by atoms with E-state index in [0.717, 1.165) is 13.1 Å². The van der Waals surface area contributed by atoms with Crippen molar-refractivity contribution < 1.29 is 14.3 Å². The molecule has 1 aromatic heterocycles. The third kappa shape index (κ3) is 5.39. The van der Waals surface area contributed by atoms with Crippen LogP contribution < -0.4 is 5.84 Å². The first-order chi connectivity index (χ1) is 11.1. The van der Waals surface area contributed by atoms with Gasteiger partial charge in [-0.3, -0.25) is 5.84 Å². The van der Waals surface area contributed by atoms with Crippen LogP contribution in [0.25, 0.3) is 11.4 Å². The summed E-state index contributed by atoms with van der Waals surface area (Å²) in [6.07, 6.45) is 6.33. The van der Waals surface area contributed by atoms with E-state index in [1.54, 1.807) is 12.1 Å². The standard InChI is InChI=1S/C11H7FN2O2.C5H12N2/c12-9-3-1-2-7(4-9)10-13-5-8(6-14-10)11(15)16;6-7-4-2-1-3-5-7/h1-6H,(H,15,16);1-6H2.